The van der Waals surface area contributed by atoms with Gasteiger partial charge in [-0.15, -0.1) is 11.3 Å². The minimum absolute atomic E-state index is 0.0494. The molecule has 1 aliphatic carbocycles. The van der Waals surface area contributed by atoms with Crippen LogP contribution in [0.5, 0.6) is 0 Å². The van der Waals surface area contributed by atoms with Gasteiger partial charge in [-0.25, -0.2) is 0 Å². The van der Waals surface area contributed by atoms with E-state index in [1.54, 1.807) is 11.3 Å². The molecule has 5 rings (SSSR count). The highest BCUT2D eigenvalue weighted by Crippen LogP contribution is 2.47. The molecule has 1 aromatic carbocycles. The van der Waals surface area contributed by atoms with Gasteiger partial charge in [0.1, 0.15) is 0 Å². The number of fused-ring (bicyclic) bond motifs is 1. The summed E-state index contributed by atoms with van der Waals surface area (Å²) in [4.78, 5) is 33.2. The van der Waals surface area contributed by atoms with Crippen LogP contribution in [-0.2, 0) is 4.79 Å². The highest BCUT2D eigenvalue weighted by molar-refractivity contribution is 7.10. The van der Waals surface area contributed by atoms with Crippen LogP contribution in [0.2, 0.25) is 0 Å². The predicted molar refractivity (Wildman–Crippen MR) is 137 cm³/mol. The molecule has 0 spiro atoms. The summed E-state index contributed by atoms with van der Waals surface area (Å²) in [6.07, 6.45) is 7.92. The second kappa shape index (κ2) is 10.6. The molecule has 34 heavy (non-hydrogen) atoms. The number of carbonyl (C=O) groups is 2. The van der Waals surface area contributed by atoms with Crippen LogP contribution in [0.4, 0.5) is 0 Å². The average Bonchev–Trinajstić information content (AvgIpc) is 3.56. The molecule has 1 N–H and O–H groups in total. The first kappa shape index (κ1) is 23.6. The van der Waals surface area contributed by atoms with E-state index in [4.69, 9.17) is 0 Å². The molecule has 0 unspecified atom stereocenters. The summed E-state index contributed by atoms with van der Waals surface area (Å²) in [6, 6.07) is 11.9. The molecule has 5 nitrogen and oxygen atoms in total. The van der Waals surface area contributed by atoms with Gasteiger partial charge in [-0.05, 0) is 74.2 Å². The van der Waals surface area contributed by atoms with Gasteiger partial charge >= 0.3 is 0 Å². The lowest BCUT2D eigenvalue weighted by molar-refractivity contribution is -0.124. The van der Waals surface area contributed by atoms with Crippen LogP contribution in [0.3, 0.4) is 0 Å². The van der Waals surface area contributed by atoms with Crippen molar-refractivity contribution in [2.24, 2.45) is 5.92 Å². The molecule has 0 bridgehead atoms. The van der Waals surface area contributed by atoms with Gasteiger partial charge in [-0.3, -0.25) is 9.59 Å². The van der Waals surface area contributed by atoms with Crippen LogP contribution in [0.1, 0.15) is 84.6 Å². The molecule has 6 heteroatoms. The Morgan fingerprint density at radius 3 is 2.68 bits per heavy atom. The van der Waals surface area contributed by atoms with E-state index in [0.717, 1.165) is 55.0 Å². The Hall–Kier alpha value is -2.18. The lowest BCUT2D eigenvalue weighted by Crippen LogP contribution is -2.50. The number of benzene rings is 1. The Labute approximate surface area is 207 Å². The molecule has 2 fully saturated rings. The number of piperidine rings is 1. The number of amides is 2. The van der Waals surface area contributed by atoms with Crippen molar-refractivity contribution in [3.8, 4) is 0 Å². The van der Waals surface area contributed by atoms with Gasteiger partial charge in [0.15, 0.2) is 0 Å². The van der Waals surface area contributed by atoms with Gasteiger partial charge in [0.25, 0.3) is 5.91 Å². The van der Waals surface area contributed by atoms with E-state index < -0.39 is 0 Å². The van der Waals surface area contributed by atoms with Crippen molar-refractivity contribution >= 4 is 23.2 Å². The number of hydrogen-bond acceptors (Lipinski definition) is 4. The molecule has 3 atom stereocenters. The van der Waals surface area contributed by atoms with Crippen molar-refractivity contribution in [3.63, 3.8) is 0 Å². The normalized spacial score (nSPS) is 26.0. The summed E-state index contributed by atoms with van der Waals surface area (Å²) in [6.45, 7) is 6.39. The van der Waals surface area contributed by atoms with E-state index in [-0.39, 0.29) is 29.8 Å². The molecule has 3 heterocycles. The van der Waals surface area contributed by atoms with Crippen LogP contribution in [0.15, 0.2) is 41.8 Å². The van der Waals surface area contributed by atoms with E-state index in [0.29, 0.717) is 12.1 Å². The first-order chi connectivity index (χ1) is 16.6. The minimum Gasteiger partial charge on any atom is -0.355 e. The summed E-state index contributed by atoms with van der Waals surface area (Å²) < 4.78 is 0. The number of carbonyl (C=O) groups excluding carboxylic acids is 2. The maximum Gasteiger partial charge on any atom is 0.254 e. The number of thiophene rings is 1. The summed E-state index contributed by atoms with van der Waals surface area (Å²) in [7, 11) is 0. The number of likely N-dealkylation sites (tertiary alicyclic amines) is 1. The average molecular weight is 480 g/mol. The minimum atomic E-state index is -0.372. The van der Waals surface area contributed by atoms with Crippen LogP contribution >= 0.6 is 11.3 Å². The van der Waals surface area contributed by atoms with Gasteiger partial charge in [0, 0.05) is 29.6 Å². The van der Waals surface area contributed by atoms with Crippen LogP contribution in [-0.4, -0.2) is 53.8 Å². The monoisotopic (exact) mass is 479 g/mol. The van der Waals surface area contributed by atoms with Crippen molar-refractivity contribution in [1.29, 1.82) is 0 Å². The van der Waals surface area contributed by atoms with Gasteiger partial charge < -0.3 is 15.1 Å². The van der Waals surface area contributed by atoms with Crippen molar-refractivity contribution in [2.75, 3.05) is 26.2 Å². The fraction of sp³-hybridized carbons (Fsp3) is 0.571. The lowest BCUT2D eigenvalue weighted by Gasteiger charge is -2.44. The maximum absolute atomic E-state index is 13.8. The molecule has 1 saturated heterocycles. The number of rotatable bonds is 7. The van der Waals surface area contributed by atoms with Crippen molar-refractivity contribution in [2.45, 2.75) is 69.9 Å². The second-order valence-corrected chi connectivity index (χ2v) is 11.3. The number of hydrogen-bond donors (Lipinski definition) is 1. The third-order valence-corrected chi connectivity index (χ3v) is 8.85. The van der Waals surface area contributed by atoms with Crippen molar-refractivity contribution in [1.82, 2.24) is 15.1 Å². The van der Waals surface area contributed by atoms with E-state index in [1.807, 2.05) is 30.3 Å². The van der Waals surface area contributed by atoms with Gasteiger partial charge in [0.2, 0.25) is 5.91 Å². The predicted octanol–water partition coefficient (Wildman–Crippen LogP) is 5.21. The number of nitrogens with zero attached hydrogens (tertiary/aromatic N) is 2. The summed E-state index contributed by atoms with van der Waals surface area (Å²) >= 11 is 1.66. The molecule has 2 amide bonds. The summed E-state index contributed by atoms with van der Waals surface area (Å²) in [5, 5.41) is 5.32. The summed E-state index contributed by atoms with van der Waals surface area (Å²) in [5.41, 5.74) is 1.58. The Morgan fingerprint density at radius 2 is 1.91 bits per heavy atom. The van der Waals surface area contributed by atoms with Crippen molar-refractivity contribution in [3.05, 3.63) is 57.8 Å². The second-order valence-electron chi connectivity index (χ2n) is 10.4. The van der Waals surface area contributed by atoms with E-state index in [9.17, 15) is 9.59 Å². The number of nitrogens with one attached hydrogen (secondary N) is 1. The smallest absolute Gasteiger partial charge is 0.254 e. The van der Waals surface area contributed by atoms with E-state index >= 15 is 0 Å². The van der Waals surface area contributed by atoms with Crippen LogP contribution in [0.25, 0.3) is 0 Å². The maximum atomic E-state index is 13.8. The Bertz CT molecular complexity index is 985. The molecule has 2 aliphatic heterocycles. The van der Waals surface area contributed by atoms with E-state index in [1.165, 1.54) is 25.9 Å². The first-order valence-corrected chi connectivity index (χ1v) is 14.0. The Morgan fingerprint density at radius 1 is 1.09 bits per heavy atom. The fourth-order valence-corrected chi connectivity index (χ4v) is 7.15. The highest BCUT2D eigenvalue weighted by Gasteiger charge is 2.47. The molecule has 0 radical (unpaired) electrons. The summed E-state index contributed by atoms with van der Waals surface area (Å²) in [5.74, 6) is 0.536. The third-order valence-electron chi connectivity index (χ3n) is 7.90. The zero-order valence-corrected chi connectivity index (χ0v) is 21.1. The Balaban J connectivity index is 1.37. The lowest BCUT2D eigenvalue weighted by atomic mass is 9.80. The third kappa shape index (κ3) is 4.80. The van der Waals surface area contributed by atoms with Crippen LogP contribution < -0.4 is 5.32 Å². The molecular formula is C28H37N3O2S. The first-order valence-electron chi connectivity index (χ1n) is 13.1. The molecule has 1 saturated carbocycles. The molecule has 182 valence electrons. The quantitative estimate of drug-likeness (QED) is 0.555. The molecule has 2 aromatic rings. The van der Waals surface area contributed by atoms with Gasteiger partial charge in [-0.1, -0.05) is 44.0 Å². The van der Waals surface area contributed by atoms with Gasteiger partial charge in [0.05, 0.1) is 12.0 Å². The molecule has 3 aliphatic rings. The van der Waals surface area contributed by atoms with Gasteiger partial charge in [-0.2, -0.15) is 0 Å². The zero-order valence-electron chi connectivity index (χ0n) is 20.2. The zero-order chi connectivity index (χ0) is 23.5. The van der Waals surface area contributed by atoms with Crippen molar-refractivity contribution < 1.29 is 9.59 Å². The fourth-order valence-electron chi connectivity index (χ4n) is 6.29. The molecular weight excluding hydrogens is 442 g/mol. The largest absolute Gasteiger partial charge is 0.355 e. The topological polar surface area (TPSA) is 52.7 Å². The molecule has 1 aromatic heterocycles. The Kier molecular flexibility index (Phi) is 7.35. The van der Waals surface area contributed by atoms with E-state index in [2.05, 4.69) is 33.5 Å². The standard InChI is InChI=1S/C28H37N3O2S/c1-20-9-6-16-30(19-20)17-8-15-29-27(32)25-22-12-4-5-13-23(22)28(33)31(21-10-2-3-11-21)26(25)24-14-7-18-34-24/h4-5,7,12-14,18,20-21,25-26H,2-3,6,8-11,15-17,19H2,1H3,(H,29,32)/t20-,25+,26-/m1/s1. The SMILES string of the molecule is C[C@@H]1CCCN(CCCNC(=O)[C@H]2c3ccccc3C(=O)N(C3CCCC3)[C@@H]2c2cccs2)C1. The highest BCUT2D eigenvalue weighted by atomic mass is 32.1. The van der Waals surface area contributed by atoms with Crippen LogP contribution in [0, 0.1) is 5.92 Å².